The maximum absolute atomic E-state index is 4.69. The molecular formula is C22H33IN6. The predicted octanol–water partition coefficient (Wildman–Crippen LogP) is 3.63. The van der Waals surface area contributed by atoms with Crippen molar-refractivity contribution in [2.24, 2.45) is 10.9 Å². The smallest absolute Gasteiger partial charge is 0.191 e. The summed E-state index contributed by atoms with van der Waals surface area (Å²) in [5, 5.41) is 6.67. The van der Waals surface area contributed by atoms with Gasteiger partial charge < -0.3 is 15.5 Å². The molecule has 0 unspecified atom stereocenters. The number of nitrogens with zero attached hydrogens (tertiary/aromatic N) is 4. The highest BCUT2D eigenvalue weighted by molar-refractivity contribution is 14.0. The summed E-state index contributed by atoms with van der Waals surface area (Å²) in [7, 11) is 0. The molecule has 2 N–H and O–H groups in total. The highest BCUT2D eigenvalue weighted by atomic mass is 127. The van der Waals surface area contributed by atoms with Crippen LogP contribution in [0.1, 0.15) is 37.9 Å². The van der Waals surface area contributed by atoms with Crippen LogP contribution in [0.4, 0.5) is 5.82 Å². The van der Waals surface area contributed by atoms with Crippen LogP contribution in [0.5, 0.6) is 0 Å². The molecule has 0 radical (unpaired) electrons. The van der Waals surface area contributed by atoms with E-state index in [-0.39, 0.29) is 24.0 Å². The second kappa shape index (κ2) is 12.6. The minimum absolute atomic E-state index is 0. The Bertz CT molecular complexity index is 727. The average Bonchev–Trinajstić information content (AvgIpc) is 2.74. The molecule has 0 bridgehead atoms. The molecule has 6 nitrogen and oxygen atoms in total. The number of guanidine groups is 1. The summed E-state index contributed by atoms with van der Waals surface area (Å²) < 4.78 is 0. The summed E-state index contributed by atoms with van der Waals surface area (Å²) in [5.41, 5.74) is 2.20. The van der Waals surface area contributed by atoms with Gasteiger partial charge >= 0.3 is 0 Å². The Kier molecular flexibility index (Phi) is 10.2. The number of piperidine rings is 1. The first-order valence-corrected chi connectivity index (χ1v) is 10.4. The molecule has 0 saturated carbocycles. The highest BCUT2D eigenvalue weighted by Crippen LogP contribution is 2.21. The maximum Gasteiger partial charge on any atom is 0.191 e. The molecule has 0 atom stereocenters. The summed E-state index contributed by atoms with van der Waals surface area (Å²) in [5.74, 6) is 2.74. The van der Waals surface area contributed by atoms with Crippen molar-refractivity contribution in [3.8, 4) is 0 Å². The largest absolute Gasteiger partial charge is 0.357 e. The molecule has 1 fully saturated rings. The van der Waals surface area contributed by atoms with E-state index in [4.69, 9.17) is 0 Å². The van der Waals surface area contributed by atoms with Crippen molar-refractivity contribution >= 4 is 35.8 Å². The van der Waals surface area contributed by atoms with Crippen molar-refractivity contribution in [2.45, 2.75) is 39.7 Å². The Morgan fingerprint density at radius 3 is 2.62 bits per heavy atom. The number of hydrogen-bond donors (Lipinski definition) is 2. The van der Waals surface area contributed by atoms with Crippen LogP contribution >= 0.6 is 24.0 Å². The van der Waals surface area contributed by atoms with Gasteiger partial charge in [-0.15, -0.1) is 24.0 Å². The van der Waals surface area contributed by atoms with Crippen LogP contribution in [0.15, 0.2) is 47.7 Å². The van der Waals surface area contributed by atoms with Crippen LogP contribution in [-0.2, 0) is 13.0 Å². The van der Waals surface area contributed by atoms with Crippen LogP contribution in [0.3, 0.4) is 0 Å². The second-order valence-electron chi connectivity index (χ2n) is 7.39. The van der Waals surface area contributed by atoms with E-state index in [2.05, 4.69) is 56.5 Å². The molecule has 2 aromatic rings. The first-order chi connectivity index (χ1) is 13.7. The van der Waals surface area contributed by atoms with Crippen LogP contribution in [0.2, 0.25) is 0 Å². The van der Waals surface area contributed by atoms with Gasteiger partial charge in [0.1, 0.15) is 5.82 Å². The molecule has 2 aromatic heterocycles. The van der Waals surface area contributed by atoms with Crippen LogP contribution < -0.4 is 15.5 Å². The number of nitrogens with one attached hydrogen (secondary N) is 2. The fourth-order valence-electron chi connectivity index (χ4n) is 3.30. The van der Waals surface area contributed by atoms with E-state index in [1.165, 1.54) is 12.8 Å². The first kappa shape index (κ1) is 23.4. The molecule has 1 saturated heterocycles. The average molecular weight is 508 g/mol. The van der Waals surface area contributed by atoms with E-state index in [0.717, 1.165) is 61.6 Å². The van der Waals surface area contributed by atoms with E-state index in [0.29, 0.717) is 6.54 Å². The number of pyridine rings is 2. The number of hydrogen-bond acceptors (Lipinski definition) is 4. The van der Waals surface area contributed by atoms with E-state index in [1.54, 1.807) is 0 Å². The fourth-order valence-corrected chi connectivity index (χ4v) is 3.30. The number of anilines is 1. The lowest BCUT2D eigenvalue weighted by Gasteiger charge is -2.31. The summed E-state index contributed by atoms with van der Waals surface area (Å²) >= 11 is 0. The molecule has 1 aliphatic heterocycles. The molecule has 3 heterocycles. The van der Waals surface area contributed by atoms with Gasteiger partial charge in [0.05, 0.1) is 6.54 Å². The molecule has 29 heavy (non-hydrogen) atoms. The van der Waals surface area contributed by atoms with Crippen LogP contribution in [0, 0.1) is 5.92 Å². The van der Waals surface area contributed by atoms with Gasteiger partial charge in [-0.25, -0.2) is 9.98 Å². The zero-order valence-corrected chi connectivity index (χ0v) is 19.8. The summed E-state index contributed by atoms with van der Waals surface area (Å²) in [6, 6.07) is 10.3. The van der Waals surface area contributed by atoms with Gasteiger partial charge in [-0.1, -0.05) is 19.1 Å². The molecule has 0 aliphatic carbocycles. The highest BCUT2D eigenvalue weighted by Gasteiger charge is 2.16. The minimum atomic E-state index is 0. The van der Waals surface area contributed by atoms with Gasteiger partial charge in [0.15, 0.2) is 5.96 Å². The quantitative estimate of drug-likeness (QED) is 0.340. The third-order valence-corrected chi connectivity index (χ3v) is 5.08. The molecular weight excluding hydrogens is 475 g/mol. The topological polar surface area (TPSA) is 65.4 Å². The Hall–Kier alpha value is -1.90. The van der Waals surface area contributed by atoms with Gasteiger partial charge in [-0.05, 0) is 49.4 Å². The van der Waals surface area contributed by atoms with Crippen LogP contribution in [-0.4, -0.2) is 42.1 Å². The van der Waals surface area contributed by atoms with Crippen molar-refractivity contribution < 1.29 is 0 Å². The van der Waals surface area contributed by atoms with Crippen molar-refractivity contribution in [1.29, 1.82) is 0 Å². The van der Waals surface area contributed by atoms with Crippen molar-refractivity contribution in [3.05, 3.63) is 54.0 Å². The van der Waals surface area contributed by atoms with Crippen molar-refractivity contribution in [2.75, 3.05) is 31.1 Å². The number of aliphatic imine (C=N–C) groups is 1. The Morgan fingerprint density at radius 1 is 1.14 bits per heavy atom. The number of rotatable bonds is 7. The standard InChI is InChI=1S/C22H32N6.HI/c1-3-23-22(25-13-9-20-6-4-5-12-24-20)27-17-19-7-8-21(26-16-19)28-14-10-18(2)11-15-28;/h4-8,12,16,18H,3,9-11,13-15,17H2,1-2H3,(H2,23,25,27);1H. The summed E-state index contributed by atoms with van der Waals surface area (Å²) in [6.45, 7) is 8.87. The maximum atomic E-state index is 4.69. The van der Waals surface area contributed by atoms with E-state index >= 15 is 0 Å². The molecule has 0 amide bonds. The fraction of sp³-hybridized carbons (Fsp3) is 0.500. The second-order valence-corrected chi connectivity index (χ2v) is 7.39. The first-order valence-electron chi connectivity index (χ1n) is 10.4. The van der Waals surface area contributed by atoms with Gasteiger partial charge in [-0.3, -0.25) is 4.98 Å². The molecule has 3 rings (SSSR count). The summed E-state index contributed by atoms with van der Waals surface area (Å²) in [6.07, 6.45) is 7.16. The molecule has 0 aromatic carbocycles. The molecule has 0 spiro atoms. The number of halogens is 1. The summed E-state index contributed by atoms with van der Waals surface area (Å²) in [4.78, 5) is 16.1. The lowest BCUT2D eigenvalue weighted by Crippen LogP contribution is -2.38. The molecule has 1 aliphatic rings. The number of aromatic nitrogens is 2. The third-order valence-electron chi connectivity index (χ3n) is 5.08. The van der Waals surface area contributed by atoms with Gasteiger partial charge in [-0.2, -0.15) is 0 Å². The van der Waals surface area contributed by atoms with Crippen molar-refractivity contribution in [1.82, 2.24) is 20.6 Å². The Balaban J connectivity index is 0.00000300. The normalized spacial score (nSPS) is 15.0. The third kappa shape index (κ3) is 7.79. The van der Waals surface area contributed by atoms with E-state index < -0.39 is 0 Å². The van der Waals surface area contributed by atoms with Crippen molar-refractivity contribution in [3.63, 3.8) is 0 Å². The predicted molar refractivity (Wildman–Crippen MR) is 131 cm³/mol. The van der Waals surface area contributed by atoms with Crippen LogP contribution in [0.25, 0.3) is 0 Å². The van der Waals surface area contributed by atoms with E-state index in [9.17, 15) is 0 Å². The van der Waals surface area contributed by atoms with Gasteiger partial charge in [0, 0.05) is 50.7 Å². The Morgan fingerprint density at radius 2 is 1.97 bits per heavy atom. The molecule has 158 valence electrons. The zero-order chi connectivity index (χ0) is 19.6. The Labute approximate surface area is 191 Å². The minimum Gasteiger partial charge on any atom is -0.357 e. The van der Waals surface area contributed by atoms with E-state index in [1.807, 2.05) is 30.6 Å². The molecule has 7 heteroatoms. The SMILES string of the molecule is CCNC(=NCc1ccc(N2CCC(C)CC2)nc1)NCCc1ccccn1.I. The lowest BCUT2D eigenvalue weighted by molar-refractivity contribution is 0.436. The van der Waals surface area contributed by atoms with Gasteiger partial charge in [0.25, 0.3) is 0 Å². The van der Waals surface area contributed by atoms with Gasteiger partial charge in [0.2, 0.25) is 0 Å². The zero-order valence-electron chi connectivity index (χ0n) is 17.5. The monoisotopic (exact) mass is 508 g/mol. The lowest BCUT2D eigenvalue weighted by atomic mass is 9.99.